The molecule has 1 aromatic rings. The van der Waals surface area contributed by atoms with E-state index in [-0.39, 0.29) is 24.8 Å². The Morgan fingerprint density at radius 2 is 2.00 bits per heavy atom. The van der Waals surface area contributed by atoms with Gasteiger partial charge in [0.15, 0.2) is 0 Å². The van der Waals surface area contributed by atoms with Crippen LogP contribution < -0.4 is 0 Å². The Labute approximate surface area is 123 Å². The first-order chi connectivity index (χ1) is 9.97. The zero-order chi connectivity index (χ0) is 16.0. The van der Waals surface area contributed by atoms with Crippen molar-refractivity contribution in [2.75, 3.05) is 13.2 Å². The fourth-order valence-electron chi connectivity index (χ4n) is 2.29. The average Bonchev–Trinajstić information content (AvgIpc) is 2.46. The molecule has 0 radical (unpaired) electrons. The number of amides is 1. The summed E-state index contributed by atoms with van der Waals surface area (Å²) in [6.45, 7) is 3.74. The molecule has 0 aromatic heterocycles. The summed E-state index contributed by atoms with van der Waals surface area (Å²) in [5.41, 5.74) is -0.626. The third-order valence-corrected chi connectivity index (χ3v) is 3.43. The molecule has 0 saturated carbocycles. The third kappa shape index (κ3) is 3.69. The summed E-state index contributed by atoms with van der Waals surface area (Å²) in [5.74, 6) is -1.15. The number of phenols is 1. The standard InChI is InChI=1S/C14H20N2O5/c1-3-10(4-2)15(8-9-17)14(19)11-6-5-7-12(13(11)18)16(20)21/h5-7,10,17-18H,3-4,8-9H2,1-2H3. The Balaban J connectivity index is 3.21. The van der Waals surface area contributed by atoms with Crippen molar-refractivity contribution in [3.8, 4) is 5.75 Å². The Kier molecular flexibility index (Phi) is 6.10. The summed E-state index contributed by atoms with van der Waals surface area (Å²) in [6, 6.07) is 3.75. The number of hydrogen-bond donors (Lipinski definition) is 2. The van der Waals surface area contributed by atoms with E-state index in [1.54, 1.807) is 0 Å². The number of carbonyl (C=O) groups is 1. The highest BCUT2D eigenvalue weighted by Gasteiger charge is 2.27. The van der Waals surface area contributed by atoms with Gasteiger partial charge in [-0.1, -0.05) is 19.9 Å². The van der Waals surface area contributed by atoms with Gasteiger partial charge >= 0.3 is 5.69 Å². The van der Waals surface area contributed by atoms with Crippen LogP contribution in [0.4, 0.5) is 5.69 Å². The van der Waals surface area contributed by atoms with Crippen LogP contribution in [0.5, 0.6) is 5.75 Å². The van der Waals surface area contributed by atoms with E-state index in [0.29, 0.717) is 12.8 Å². The van der Waals surface area contributed by atoms with Gasteiger partial charge in [-0.3, -0.25) is 14.9 Å². The predicted octanol–water partition coefficient (Wildman–Crippen LogP) is 1.92. The highest BCUT2D eigenvalue weighted by molar-refractivity contribution is 5.98. The molecule has 0 saturated heterocycles. The average molecular weight is 296 g/mol. The molecule has 0 bridgehead atoms. The minimum Gasteiger partial charge on any atom is -0.502 e. The second-order valence-corrected chi connectivity index (χ2v) is 4.62. The lowest BCUT2D eigenvalue weighted by Gasteiger charge is -2.30. The van der Waals surface area contributed by atoms with E-state index in [2.05, 4.69) is 0 Å². The van der Waals surface area contributed by atoms with Gasteiger partial charge in [0.05, 0.1) is 17.1 Å². The number of benzene rings is 1. The number of nitro groups is 1. The van der Waals surface area contributed by atoms with Crippen LogP contribution in [-0.4, -0.2) is 45.1 Å². The number of nitro benzene ring substituents is 1. The number of nitrogens with zero attached hydrogens (tertiary/aromatic N) is 2. The molecule has 1 amide bonds. The third-order valence-electron chi connectivity index (χ3n) is 3.43. The number of aliphatic hydroxyl groups excluding tert-OH is 1. The SMILES string of the molecule is CCC(CC)N(CCO)C(=O)c1cccc([N+](=O)[O-])c1O. The van der Waals surface area contributed by atoms with Gasteiger partial charge in [0, 0.05) is 18.7 Å². The van der Waals surface area contributed by atoms with Crippen LogP contribution in [0, 0.1) is 10.1 Å². The van der Waals surface area contributed by atoms with E-state index in [0.717, 1.165) is 6.07 Å². The first-order valence-corrected chi connectivity index (χ1v) is 6.86. The second-order valence-electron chi connectivity index (χ2n) is 4.62. The highest BCUT2D eigenvalue weighted by atomic mass is 16.6. The summed E-state index contributed by atoms with van der Waals surface area (Å²) >= 11 is 0. The normalized spacial score (nSPS) is 10.7. The molecule has 1 rings (SSSR count). The van der Waals surface area contributed by atoms with E-state index < -0.39 is 22.3 Å². The largest absolute Gasteiger partial charge is 0.502 e. The maximum absolute atomic E-state index is 12.5. The first kappa shape index (κ1) is 16.9. The Bertz CT molecular complexity index is 514. The maximum atomic E-state index is 12.5. The number of carbonyl (C=O) groups excluding carboxylic acids is 1. The molecule has 7 nitrogen and oxygen atoms in total. The molecule has 0 aliphatic carbocycles. The van der Waals surface area contributed by atoms with Gasteiger partial charge in [-0.2, -0.15) is 0 Å². The fourth-order valence-corrected chi connectivity index (χ4v) is 2.29. The molecule has 0 fully saturated rings. The van der Waals surface area contributed by atoms with Crippen molar-refractivity contribution in [2.45, 2.75) is 32.7 Å². The fraction of sp³-hybridized carbons (Fsp3) is 0.500. The summed E-state index contributed by atoms with van der Waals surface area (Å²) in [5, 5.41) is 29.9. The van der Waals surface area contributed by atoms with Crippen LogP contribution in [0.15, 0.2) is 18.2 Å². The first-order valence-electron chi connectivity index (χ1n) is 6.86. The molecule has 0 unspecified atom stereocenters. The van der Waals surface area contributed by atoms with Crippen LogP contribution in [0.25, 0.3) is 0 Å². The molecular weight excluding hydrogens is 276 g/mol. The van der Waals surface area contributed by atoms with E-state index in [4.69, 9.17) is 5.11 Å². The van der Waals surface area contributed by atoms with Gasteiger partial charge in [0.2, 0.25) is 5.75 Å². The van der Waals surface area contributed by atoms with Gasteiger partial charge in [0.25, 0.3) is 5.91 Å². The molecule has 0 spiro atoms. The minimum absolute atomic E-state index is 0.0942. The van der Waals surface area contributed by atoms with Crippen molar-refractivity contribution in [3.63, 3.8) is 0 Å². The van der Waals surface area contributed by atoms with Crippen molar-refractivity contribution in [2.24, 2.45) is 0 Å². The maximum Gasteiger partial charge on any atom is 0.311 e. The van der Waals surface area contributed by atoms with E-state index >= 15 is 0 Å². The summed E-state index contributed by atoms with van der Waals surface area (Å²) in [6.07, 6.45) is 1.38. The van der Waals surface area contributed by atoms with Crippen molar-refractivity contribution < 1.29 is 19.9 Å². The number of hydrogen-bond acceptors (Lipinski definition) is 5. The molecule has 21 heavy (non-hydrogen) atoms. The highest BCUT2D eigenvalue weighted by Crippen LogP contribution is 2.30. The Hall–Kier alpha value is -2.15. The van der Waals surface area contributed by atoms with Crippen molar-refractivity contribution in [3.05, 3.63) is 33.9 Å². The monoisotopic (exact) mass is 296 g/mol. The van der Waals surface area contributed by atoms with Gasteiger partial charge < -0.3 is 15.1 Å². The number of phenolic OH excluding ortho intramolecular Hbond substituents is 1. The Morgan fingerprint density at radius 3 is 2.48 bits per heavy atom. The predicted molar refractivity (Wildman–Crippen MR) is 77.3 cm³/mol. The molecule has 116 valence electrons. The number of aliphatic hydroxyl groups is 1. The summed E-state index contributed by atoms with van der Waals surface area (Å²) in [4.78, 5) is 24.0. The number of rotatable bonds is 7. The lowest BCUT2D eigenvalue weighted by Crippen LogP contribution is -2.41. The van der Waals surface area contributed by atoms with Crippen molar-refractivity contribution >= 4 is 11.6 Å². The van der Waals surface area contributed by atoms with Crippen molar-refractivity contribution in [1.29, 1.82) is 0 Å². The minimum atomic E-state index is -0.736. The van der Waals surface area contributed by atoms with Gasteiger partial charge in [0.1, 0.15) is 0 Å². The lowest BCUT2D eigenvalue weighted by molar-refractivity contribution is -0.385. The van der Waals surface area contributed by atoms with E-state index in [1.165, 1.54) is 17.0 Å². The van der Waals surface area contributed by atoms with Gasteiger partial charge in [-0.05, 0) is 18.9 Å². The molecular formula is C14H20N2O5. The topological polar surface area (TPSA) is 104 Å². The molecule has 1 aromatic carbocycles. The van der Waals surface area contributed by atoms with Crippen LogP contribution in [0.3, 0.4) is 0 Å². The van der Waals surface area contributed by atoms with Crippen LogP contribution in [0.1, 0.15) is 37.0 Å². The molecule has 0 aliphatic heterocycles. The van der Waals surface area contributed by atoms with Crippen LogP contribution in [-0.2, 0) is 0 Å². The van der Waals surface area contributed by atoms with E-state index in [1.807, 2.05) is 13.8 Å². The zero-order valence-electron chi connectivity index (χ0n) is 12.2. The Morgan fingerprint density at radius 1 is 1.38 bits per heavy atom. The smallest absolute Gasteiger partial charge is 0.311 e. The molecule has 0 atom stereocenters. The molecule has 0 aliphatic rings. The van der Waals surface area contributed by atoms with Crippen molar-refractivity contribution in [1.82, 2.24) is 4.90 Å². The number of para-hydroxylation sites is 1. The van der Waals surface area contributed by atoms with Crippen LogP contribution in [0.2, 0.25) is 0 Å². The van der Waals surface area contributed by atoms with Gasteiger partial charge in [-0.25, -0.2) is 0 Å². The molecule has 2 N–H and O–H groups in total. The molecule has 0 heterocycles. The van der Waals surface area contributed by atoms with Gasteiger partial charge in [-0.15, -0.1) is 0 Å². The lowest BCUT2D eigenvalue weighted by atomic mass is 10.1. The zero-order valence-corrected chi connectivity index (χ0v) is 12.2. The van der Waals surface area contributed by atoms with E-state index in [9.17, 15) is 20.0 Å². The molecule has 7 heteroatoms. The quantitative estimate of drug-likeness (QED) is 0.591. The summed E-state index contributed by atoms with van der Waals surface area (Å²) < 4.78 is 0. The summed E-state index contributed by atoms with van der Waals surface area (Å²) in [7, 11) is 0. The van der Waals surface area contributed by atoms with Crippen LogP contribution >= 0.6 is 0 Å². The second kappa shape index (κ2) is 7.58. The number of aromatic hydroxyl groups is 1.